The predicted octanol–water partition coefficient (Wildman–Crippen LogP) is 2.58. The average molecular weight is 325 g/mol. The summed E-state index contributed by atoms with van der Waals surface area (Å²) in [6.07, 6.45) is 9.11. The molecule has 0 unspecified atom stereocenters. The van der Waals surface area contributed by atoms with Gasteiger partial charge >= 0.3 is 0 Å². The summed E-state index contributed by atoms with van der Waals surface area (Å²) >= 11 is 7.15. The molecule has 1 saturated heterocycles. The van der Waals surface area contributed by atoms with E-state index in [-0.39, 0.29) is 5.91 Å². The smallest absolute Gasteiger partial charge is 0.286 e. The minimum atomic E-state index is -0.148. The standard InChI is InChI=1S/C14H17ClN4OS/c15-4-7-19-10-11(9-16-19)8-12-13(20)17-14(21-12)18-5-2-1-3-6-18/h8-10H,1-7H2/b12-8-. The molecule has 1 aromatic rings. The Kier molecular flexibility index (Phi) is 4.65. The van der Waals surface area contributed by atoms with Crippen LogP contribution in [0.25, 0.3) is 6.08 Å². The van der Waals surface area contributed by atoms with Crippen molar-refractivity contribution in [1.82, 2.24) is 14.7 Å². The molecule has 5 nitrogen and oxygen atoms in total. The van der Waals surface area contributed by atoms with Crippen LogP contribution in [0.2, 0.25) is 0 Å². The molecular formula is C14H17ClN4OS. The maximum Gasteiger partial charge on any atom is 0.286 e. The molecule has 21 heavy (non-hydrogen) atoms. The molecule has 2 aliphatic rings. The number of aromatic nitrogens is 2. The van der Waals surface area contributed by atoms with Crippen LogP contribution in [0.15, 0.2) is 22.3 Å². The van der Waals surface area contributed by atoms with Gasteiger partial charge in [0.2, 0.25) is 0 Å². The lowest BCUT2D eigenvalue weighted by atomic mass is 10.1. The highest BCUT2D eigenvalue weighted by atomic mass is 35.5. The summed E-state index contributed by atoms with van der Waals surface area (Å²) in [5.74, 6) is 0.374. The molecule has 0 spiro atoms. The highest BCUT2D eigenvalue weighted by Gasteiger charge is 2.26. The third-order valence-electron chi connectivity index (χ3n) is 3.50. The predicted molar refractivity (Wildman–Crippen MR) is 86.4 cm³/mol. The van der Waals surface area contributed by atoms with Crippen molar-refractivity contribution in [3.05, 3.63) is 22.9 Å². The molecule has 0 atom stereocenters. The van der Waals surface area contributed by atoms with Crippen molar-refractivity contribution in [1.29, 1.82) is 0 Å². The Morgan fingerprint density at radius 3 is 2.90 bits per heavy atom. The van der Waals surface area contributed by atoms with Crippen molar-refractivity contribution in [2.45, 2.75) is 25.8 Å². The van der Waals surface area contributed by atoms with E-state index in [0.717, 1.165) is 23.8 Å². The van der Waals surface area contributed by atoms with E-state index >= 15 is 0 Å². The lowest BCUT2D eigenvalue weighted by Gasteiger charge is -2.27. The molecule has 7 heteroatoms. The van der Waals surface area contributed by atoms with Gasteiger partial charge in [0.25, 0.3) is 5.91 Å². The fourth-order valence-corrected chi connectivity index (χ4v) is 3.57. The number of amidine groups is 1. The zero-order valence-electron chi connectivity index (χ0n) is 11.7. The van der Waals surface area contributed by atoms with Gasteiger partial charge in [-0.25, -0.2) is 0 Å². The normalized spacial score (nSPS) is 21.2. The van der Waals surface area contributed by atoms with Crippen LogP contribution in [0.5, 0.6) is 0 Å². The Morgan fingerprint density at radius 1 is 1.33 bits per heavy atom. The molecule has 1 amide bonds. The topological polar surface area (TPSA) is 50.5 Å². The lowest BCUT2D eigenvalue weighted by molar-refractivity contribution is -0.113. The molecule has 1 aromatic heterocycles. The SMILES string of the molecule is O=C1N=C(N2CCCCC2)S/C1=C\c1cnn(CCCl)c1. The molecule has 112 valence electrons. The second-order valence-corrected chi connectivity index (χ2v) is 6.47. The van der Waals surface area contributed by atoms with Crippen LogP contribution in [-0.4, -0.2) is 44.7 Å². The van der Waals surface area contributed by atoms with Crippen LogP contribution in [0, 0.1) is 0 Å². The van der Waals surface area contributed by atoms with E-state index in [4.69, 9.17) is 11.6 Å². The molecule has 3 heterocycles. The number of aliphatic imine (C=N–C) groups is 1. The zero-order valence-corrected chi connectivity index (χ0v) is 13.2. The number of carbonyl (C=O) groups is 1. The number of thioether (sulfide) groups is 1. The summed E-state index contributed by atoms with van der Waals surface area (Å²) in [7, 11) is 0. The Labute approximate surface area is 133 Å². The molecule has 0 aliphatic carbocycles. The zero-order chi connectivity index (χ0) is 14.7. The molecule has 2 aliphatic heterocycles. The van der Waals surface area contributed by atoms with Gasteiger partial charge in [-0.15, -0.1) is 11.6 Å². The number of alkyl halides is 1. The average Bonchev–Trinajstić information content (AvgIpc) is 3.08. The third-order valence-corrected chi connectivity index (χ3v) is 4.71. The van der Waals surface area contributed by atoms with E-state index in [9.17, 15) is 4.79 Å². The van der Waals surface area contributed by atoms with Crippen LogP contribution in [0.1, 0.15) is 24.8 Å². The molecule has 0 saturated carbocycles. The number of likely N-dealkylation sites (tertiary alicyclic amines) is 1. The molecular weight excluding hydrogens is 308 g/mol. The number of rotatable bonds is 3. The van der Waals surface area contributed by atoms with Gasteiger partial charge in [-0.3, -0.25) is 9.48 Å². The summed E-state index contributed by atoms with van der Waals surface area (Å²) in [6.45, 7) is 2.67. The number of hydrogen-bond acceptors (Lipinski definition) is 4. The number of halogens is 1. The number of piperidine rings is 1. The van der Waals surface area contributed by atoms with Crippen LogP contribution in [0.4, 0.5) is 0 Å². The Hall–Kier alpha value is -1.27. The van der Waals surface area contributed by atoms with Crippen LogP contribution >= 0.6 is 23.4 Å². The minimum Gasteiger partial charge on any atom is -0.351 e. The first-order valence-electron chi connectivity index (χ1n) is 7.12. The number of aryl methyl sites for hydroxylation is 1. The minimum absolute atomic E-state index is 0.148. The Morgan fingerprint density at radius 2 is 2.14 bits per heavy atom. The van der Waals surface area contributed by atoms with Crippen molar-refractivity contribution in [2.75, 3.05) is 19.0 Å². The quantitative estimate of drug-likeness (QED) is 0.633. The van der Waals surface area contributed by atoms with E-state index in [1.165, 1.54) is 31.0 Å². The summed E-state index contributed by atoms with van der Waals surface area (Å²) in [5, 5.41) is 5.05. The second-order valence-electron chi connectivity index (χ2n) is 5.08. The fraction of sp³-hybridized carbons (Fsp3) is 0.500. The van der Waals surface area contributed by atoms with Crippen molar-refractivity contribution in [3.8, 4) is 0 Å². The van der Waals surface area contributed by atoms with Crippen LogP contribution in [0.3, 0.4) is 0 Å². The molecule has 0 N–H and O–H groups in total. The van der Waals surface area contributed by atoms with Crippen molar-refractivity contribution in [2.24, 2.45) is 4.99 Å². The first-order chi connectivity index (χ1) is 10.3. The molecule has 0 aromatic carbocycles. The molecule has 0 radical (unpaired) electrons. The number of nitrogens with zero attached hydrogens (tertiary/aromatic N) is 4. The van der Waals surface area contributed by atoms with Gasteiger partial charge in [-0.2, -0.15) is 10.1 Å². The number of hydrogen-bond donors (Lipinski definition) is 0. The van der Waals surface area contributed by atoms with Gasteiger partial charge in [0, 0.05) is 30.7 Å². The van der Waals surface area contributed by atoms with Gasteiger partial charge in [0.05, 0.1) is 17.6 Å². The molecule has 3 rings (SSSR count). The van der Waals surface area contributed by atoms with Crippen molar-refractivity contribution >= 4 is 40.5 Å². The highest BCUT2D eigenvalue weighted by Crippen LogP contribution is 2.31. The lowest BCUT2D eigenvalue weighted by Crippen LogP contribution is -2.33. The third kappa shape index (κ3) is 3.49. The van der Waals surface area contributed by atoms with Gasteiger partial charge in [0.15, 0.2) is 5.17 Å². The number of amides is 1. The van der Waals surface area contributed by atoms with E-state index < -0.39 is 0 Å². The van der Waals surface area contributed by atoms with Gasteiger partial charge < -0.3 is 4.90 Å². The highest BCUT2D eigenvalue weighted by molar-refractivity contribution is 8.18. The molecule has 1 fully saturated rings. The summed E-state index contributed by atoms with van der Waals surface area (Å²) in [6, 6.07) is 0. The second kappa shape index (κ2) is 6.66. The fourth-order valence-electron chi connectivity index (χ4n) is 2.43. The van der Waals surface area contributed by atoms with Crippen molar-refractivity contribution in [3.63, 3.8) is 0 Å². The molecule has 0 bridgehead atoms. The number of carbonyl (C=O) groups excluding carboxylic acids is 1. The maximum absolute atomic E-state index is 12.0. The van der Waals surface area contributed by atoms with E-state index in [2.05, 4.69) is 15.0 Å². The summed E-state index contributed by atoms with van der Waals surface area (Å²) < 4.78 is 1.77. The first-order valence-corrected chi connectivity index (χ1v) is 8.47. The van der Waals surface area contributed by atoms with Crippen LogP contribution in [-0.2, 0) is 11.3 Å². The van der Waals surface area contributed by atoms with E-state index in [0.29, 0.717) is 17.3 Å². The summed E-state index contributed by atoms with van der Waals surface area (Å²) in [5.41, 5.74) is 0.908. The van der Waals surface area contributed by atoms with E-state index in [1.54, 1.807) is 10.9 Å². The van der Waals surface area contributed by atoms with Gasteiger partial charge in [-0.1, -0.05) is 0 Å². The van der Waals surface area contributed by atoms with Crippen molar-refractivity contribution < 1.29 is 4.79 Å². The monoisotopic (exact) mass is 324 g/mol. The maximum atomic E-state index is 12.0. The Balaban J connectivity index is 1.69. The largest absolute Gasteiger partial charge is 0.351 e. The van der Waals surface area contributed by atoms with Gasteiger partial charge in [0.1, 0.15) is 0 Å². The Bertz CT molecular complexity index is 590. The first kappa shape index (κ1) is 14.7. The van der Waals surface area contributed by atoms with E-state index in [1.807, 2.05) is 12.3 Å². The summed E-state index contributed by atoms with van der Waals surface area (Å²) in [4.78, 5) is 19.1. The van der Waals surface area contributed by atoms with Gasteiger partial charge in [-0.05, 0) is 37.1 Å². The van der Waals surface area contributed by atoms with Crippen LogP contribution < -0.4 is 0 Å².